The smallest absolute Gasteiger partial charge is 0.260 e. The average Bonchev–Trinajstić information content (AvgIpc) is 2.25. The second kappa shape index (κ2) is 5.39. The Balaban J connectivity index is 2.79. The van der Waals surface area contributed by atoms with E-state index in [-0.39, 0.29) is 0 Å². The average molecular weight is 197 g/mol. The molecule has 1 rings (SSSR count). The number of methoxy groups -OCH3 is 2. The zero-order valence-corrected chi connectivity index (χ0v) is 8.49. The Morgan fingerprint density at radius 1 is 1.36 bits per heavy atom. The molecular weight excluding hydrogens is 182 g/mol. The van der Waals surface area contributed by atoms with Gasteiger partial charge in [-0.1, -0.05) is 0 Å². The van der Waals surface area contributed by atoms with Gasteiger partial charge in [0.05, 0.1) is 20.4 Å². The van der Waals surface area contributed by atoms with Gasteiger partial charge in [0.15, 0.2) is 5.75 Å². The summed E-state index contributed by atoms with van der Waals surface area (Å²) >= 11 is 0. The summed E-state index contributed by atoms with van der Waals surface area (Å²) in [5, 5.41) is 0. The van der Waals surface area contributed by atoms with E-state index in [1.54, 1.807) is 20.4 Å². The normalized spacial score (nSPS) is 9.93. The summed E-state index contributed by atoms with van der Waals surface area (Å²) in [6.07, 6.45) is 3.24. The Morgan fingerprint density at radius 3 is 2.71 bits per heavy atom. The molecule has 1 heterocycles. The molecule has 0 aliphatic carbocycles. The van der Waals surface area contributed by atoms with Gasteiger partial charge in [-0.2, -0.15) is 4.98 Å². The van der Waals surface area contributed by atoms with Crippen molar-refractivity contribution in [2.75, 3.05) is 20.8 Å². The lowest BCUT2D eigenvalue weighted by molar-refractivity contribution is 0.339. The predicted molar refractivity (Wildman–Crippen MR) is 52.5 cm³/mol. The van der Waals surface area contributed by atoms with Gasteiger partial charge < -0.3 is 15.2 Å². The zero-order chi connectivity index (χ0) is 10.4. The maximum absolute atomic E-state index is 5.39. The fraction of sp³-hybridized carbons (Fsp3) is 0.556. The van der Waals surface area contributed by atoms with Crippen LogP contribution in [0.2, 0.25) is 0 Å². The molecule has 0 fully saturated rings. The third-order valence-electron chi connectivity index (χ3n) is 1.79. The van der Waals surface area contributed by atoms with E-state index >= 15 is 0 Å². The number of nitrogens with two attached hydrogens (primary N) is 1. The number of rotatable bonds is 5. The number of hydrogen-bond acceptors (Lipinski definition) is 5. The Hall–Kier alpha value is -1.36. The third kappa shape index (κ3) is 2.56. The van der Waals surface area contributed by atoms with Crippen molar-refractivity contribution in [1.82, 2.24) is 9.97 Å². The van der Waals surface area contributed by atoms with E-state index in [0.29, 0.717) is 18.2 Å². The molecule has 5 nitrogen and oxygen atoms in total. The van der Waals surface area contributed by atoms with Gasteiger partial charge in [-0.15, -0.1) is 0 Å². The second-order valence-corrected chi connectivity index (χ2v) is 2.76. The minimum absolute atomic E-state index is 0.467. The molecule has 5 heteroatoms. The van der Waals surface area contributed by atoms with Crippen molar-refractivity contribution in [3.63, 3.8) is 0 Å². The van der Waals surface area contributed by atoms with Crippen LogP contribution in [0.25, 0.3) is 0 Å². The van der Waals surface area contributed by atoms with Crippen LogP contribution in [-0.2, 0) is 6.42 Å². The molecule has 0 amide bonds. The minimum atomic E-state index is 0.467. The molecule has 1 aromatic heterocycles. The van der Waals surface area contributed by atoms with Crippen LogP contribution in [0.5, 0.6) is 11.6 Å². The van der Waals surface area contributed by atoms with Gasteiger partial charge in [0, 0.05) is 6.42 Å². The number of aromatic nitrogens is 2. The summed E-state index contributed by atoms with van der Waals surface area (Å²) in [6.45, 7) is 0.637. The van der Waals surface area contributed by atoms with E-state index in [1.165, 1.54) is 0 Å². The molecule has 0 spiro atoms. The first-order chi connectivity index (χ1) is 6.81. The maximum atomic E-state index is 5.39. The second-order valence-electron chi connectivity index (χ2n) is 2.76. The number of nitrogens with zero attached hydrogens (tertiary/aromatic N) is 2. The van der Waals surface area contributed by atoms with Crippen LogP contribution >= 0.6 is 0 Å². The quantitative estimate of drug-likeness (QED) is 0.739. The van der Waals surface area contributed by atoms with Gasteiger partial charge in [0.25, 0.3) is 5.88 Å². The monoisotopic (exact) mass is 197 g/mol. The summed E-state index contributed by atoms with van der Waals surface area (Å²) < 4.78 is 10.1. The van der Waals surface area contributed by atoms with Crippen LogP contribution in [0.15, 0.2) is 6.20 Å². The van der Waals surface area contributed by atoms with Crippen molar-refractivity contribution in [1.29, 1.82) is 0 Å². The van der Waals surface area contributed by atoms with Gasteiger partial charge in [-0.3, -0.25) is 0 Å². The van der Waals surface area contributed by atoms with E-state index < -0.39 is 0 Å². The van der Waals surface area contributed by atoms with Crippen LogP contribution in [0.4, 0.5) is 0 Å². The Labute approximate surface area is 83.3 Å². The molecular formula is C9H15N3O2. The van der Waals surface area contributed by atoms with Gasteiger partial charge in [-0.25, -0.2) is 4.98 Å². The number of hydrogen-bond donors (Lipinski definition) is 1. The van der Waals surface area contributed by atoms with E-state index in [0.717, 1.165) is 18.7 Å². The summed E-state index contributed by atoms with van der Waals surface area (Å²) in [6, 6.07) is 0. The SMILES string of the molecule is COc1cnc(CCCN)nc1OC. The highest BCUT2D eigenvalue weighted by Crippen LogP contribution is 2.22. The molecule has 0 atom stereocenters. The van der Waals surface area contributed by atoms with Crippen LogP contribution in [0.3, 0.4) is 0 Å². The van der Waals surface area contributed by atoms with Crippen molar-refractivity contribution < 1.29 is 9.47 Å². The highest BCUT2D eigenvalue weighted by Gasteiger charge is 2.06. The maximum Gasteiger partial charge on any atom is 0.260 e. The van der Waals surface area contributed by atoms with Crippen LogP contribution in [0.1, 0.15) is 12.2 Å². The molecule has 0 saturated carbocycles. The summed E-state index contributed by atoms with van der Waals surface area (Å²) in [5.41, 5.74) is 5.39. The predicted octanol–water partition coefficient (Wildman–Crippen LogP) is 0.385. The molecule has 0 saturated heterocycles. The highest BCUT2D eigenvalue weighted by molar-refractivity contribution is 5.30. The van der Waals surface area contributed by atoms with Gasteiger partial charge in [0.2, 0.25) is 0 Å². The largest absolute Gasteiger partial charge is 0.490 e. The number of aryl methyl sites for hydroxylation is 1. The highest BCUT2D eigenvalue weighted by atomic mass is 16.5. The van der Waals surface area contributed by atoms with Crippen molar-refractivity contribution in [3.8, 4) is 11.6 Å². The molecule has 0 radical (unpaired) electrons. The lowest BCUT2D eigenvalue weighted by Crippen LogP contribution is -2.04. The first-order valence-corrected chi connectivity index (χ1v) is 4.45. The summed E-state index contributed by atoms with van der Waals surface area (Å²) in [5.74, 6) is 1.74. The molecule has 78 valence electrons. The molecule has 14 heavy (non-hydrogen) atoms. The topological polar surface area (TPSA) is 70.3 Å². The Bertz CT molecular complexity index is 291. The first kappa shape index (κ1) is 10.7. The first-order valence-electron chi connectivity index (χ1n) is 4.45. The molecule has 0 unspecified atom stereocenters. The van der Waals surface area contributed by atoms with Gasteiger partial charge in [-0.05, 0) is 13.0 Å². The van der Waals surface area contributed by atoms with Gasteiger partial charge in [0.1, 0.15) is 5.82 Å². The van der Waals surface area contributed by atoms with Crippen LogP contribution in [-0.4, -0.2) is 30.7 Å². The molecule has 0 aromatic carbocycles. The molecule has 0 bridgehead atoms. The van der Waals surface area contributed by atoms with E-state index in [4.69, 9.17) is 15.2 Å². The number of ether oxygens (including phenoxy) is 2. The fourth-order valence-electron chi connectivity index (χ4n) is 1.06. The Kier molecular flexibility index (Phi) is 4.12. The Morgan fingerprint density at radius 2 is 2.14 bits per heavy atom. The molecule has 0 aliphatic heterocycles. The van der Waals surface area contributed by atoms with Crippen molar-refractivity contribution in [3.05, 3.63) is 12.0 Å². The molecule has 1 aromatic rings. The lowest BCUT2D eigenvalue weighted by atomic mass is 10.3. The van der Waals surface area contributed by atoms with Crippen molar-refractivity contribution in [2.45, 2.75) is 12.8 Å². The van der Waals surface area contributed by atoms with Crippen molar-refractivity contribution >= 4 is 0 Å². The van der Waals surface area contributed by atoms with Gasteiger partial charge >= 0.3 is 0 Å². The van der Waals surface area contributed by atoms with E-state index in [2.05, 4.69) is 9.97 Å². The van der Waals surface area contributed by atoms with Crippen LogP contribution < -0.4 is 15.2 Å². The minimum Gasteiger partial charge on any atom is -0.490 e. The van der Waals surface area contributed by atoms with E-state index in [1.807, 2.05) is 0 Å². The van der Waals surface area contributed by atoms with Crippen LogP contribution in [0, 0.1) is 0 Å². The third-order valence-corrected chi connectivity index (χ3v) is 1.79. The lowest BCUT2D eigenvalue weighted by Gasteiger charge is -2.06. The molecule has 2 N–H and O–H groups in total. The summed E-state index contributed by atoms with van der Waals surface area (Å²) in [4.78, 5) is 8.31. The summed E-state index contributed by atoms with van der Waals surface area (Å²) in [7, 11) is 3.11. The zero-order valence-electron chi connectivity index (χ0n) is 8.49. The molecule has 0 aliphatic rings. The van der Waals surface area contributed by atoms with E-state index in [9.17, 15) is 0 Å². The standard InChI is InChI=1S/C9H15N3O2/c1-13-7-6-11-8(4-3-5-10)12-9(7)14-2/h6H,3-5,10H2,1-2H3. The van der Waals surface area contributed by atoms with Crippen molar-refractivity contribution in [2.24, 2.45) is 5.73 Å². The fourth-order valence-corrected chi connectivity index (χ4v) is 1.06.